The Morgan fingerprint density at radius 1 is 1.25 bits per heavy atom. The van der Waals surface area contributed by atoms with Crippen molar-refractivity contribution in [2.75, 3.05) is 11.9 Å². The van der Waals surface area contributed by atoms with Gasteiger partial charge in [-0.3, -0.25) is 14.9 Å². The lowest BCUT2D eigenvalue weighted by atomic mass is 10.2. The highest BCUT2D eigenvalue weighted by molar-refractivity contribution is 7.18. The highest BCUT2D eigenvalue weighted by Gasteiger charge is 2.08. The van der Waals surface area contributed by atoms with E-state index in [1.807, 2.05) is 0 Å². The average Bonchev–Trinajstić information content (AvgIpc) is 2.86. The molecule has 0 amide bonds. The molecule has 0 unspecified atom stereocenters. The second-order valence-corrected chi connectivity index (χ2v) is 5.72. The van der Waals surface area contributed by atoms with Crippen LogP contribution in [-0.4, -0.2) is 17.3 Å². The van der Waals surface area contributed by atoms with Crippen molar-refractivity contribution in [3.63, 3.8) is 0 Å². The lowest BCUT2D eigenvalue weighted by molar-refractivity contribution is -0.384. The quantitative estimate of drug-likeness (QED) is 0.497. The number of non-ortho nitro benzene ring substituents is 1. The maximum absolute atomic E-state index is 11.8. The molecule has 0 radical (unpaired) electrons. The maximum Gasteiger partial charge on any atom is 0.269 e. The van der Waals surface area contributed by atoms with E-state index in [1.165, 1.54) is 23.5 Å². The van der Waals surface area contributed by atoms with Gasteiger partial charge in [0.05, 0.1) is 14.1 Å². The Bertz CT molecular complexity index is 625. The first-order valence-electron chi connectivity index (χ1n) is 5.83. The van der Waals surface area contributed by atoms with Gasteiger partial charge >= 0.3 is 0 Å². The smallest absolute Gasteiger partial charge is 0.269 e. The molecule has 0 bridgehead atoms. The first-order chi connectivity index (χ1) is 9.56. The standard InChI is InChI=1S/C13H11ClN2O3S/c14-13-6-5-12(20-13)11(17)7-8-15-9-1-3-10(4-2-9)16(18)19/h1-6,15H,7-8H2. The van der Waals surface area contributed by atoms with Gasteiger partial charge in [-0.25, -0.2) is 0 Å². The van der Waals surface area contributed by atoms with E-state index in [0.29, 0.717) is 22.2 Å². The van der Waals surface area contributed by atoms with Crippen molar-refractivity contribution in [1.82, 2.24) is 0 Å². The topological polar surface area (TPSA) is 72.2 Å². The molecule has 20 heavy (non-hydrogen) atoms. The summed E-state index contributed by atoms with van der Waals surface area (Å²) in [4.78, 5) is 22.5. The highest BCUT2D eigenvalue weighted by Crippen LogP contribution is 2.22. The molecule has 7 heteroatoms. The molecule has 0 aliphatic heterocycles. The first kappa shape index (κ1) is 14.5. The van der Waals surface area contributed by atoms with E-state index in [-0.39, 0.29) is 11.5 Å². The zero-order valence-corrected chi connectivity index (χ0v) is 11.9. The molecule has 2 rings (SSSR count). The molecule has 1 aromatic heterocycles. The number of anilines is 1. The van der Waals surface area contributed by atoms with Crippen molar-refractivity contribution < 1.29 is 9.72 Å². The van der Waals surface area contributed by atoms with Crippen molar-refractivity contribution in [1.29, 1.82) is 0 Å². The number of carbonyl (C=O) groups is 1. The van der Waals surface area contributed by atoms with E-state index in [9.17, 15) is 14.9 Å². The third kappa shape index (κ3) is 3.79. The molecular formula is C13H11ClN2O3S. The molecule has 0 aliphatic rings. The number of nitro benzene ring substituents is 1. The molecule has 0 aliphatic carbocycles. The fourth-order valence-electron chi connectivity index (χ4n) is 1.61. The molecule has 0 saturated heterocycles. The van der Waals surface area contributed by atoms with Crippen LogP contribution in [0.2, 0.25) is 4.34 Å². The summed E-state index contributed by atoms with van der Waals surface area (Å²) in [6.45, 7) is 0.464. The molecule has 0 spiro atoms. The number of nitrogens with one attached hydrogen (secondary N) is 1. The summed E-state index contributed by atoms with van der Waals surface area (Å²) >= 11 is 7.03. The van der Waals surface area contributed by atoms with Gasteiger partial charge in [-0.05, 0) is 24.3 Å². The van der Waals surface area contributed by atoms with Crippen molar-refractivity contribution >= 4 is 40.1 Å². The van der Waals surface area contributed by atoms with E-state index >= 15 is 0 Å². The number of rotatable bonds is 6. The molecule has 5 nitrogen and oxygen atoms in total. The van der Waals surface area contributed by atoms with Crippen LogP contribution in [0.3, 0.4) is 0 Å². The Morgan fingerprint density at radius 2 is 1.95 bits per heavy atom. The van der Waals surface area contributed by atoms with Gasteiger partial charge in [-0.1, -0.05) is 11.6 Å². The highest BCUT2D eigenvalue weighted by atomic mass is 35.5. The predicted molar refractivity (Wildman–Crippen MR) is 79.9 cm³/mol. The Hall–Kier alpha value is -1.92. The molecule has 1 heterocycles. The third-order valence-electron chi connectivity index (χ3n) is 2.61. The molecule has 0 fully saturated rings. The van der Waals surface area contributed by atoms with E-state index in [0.717, 1.165) is 5.69 Å². The van der Waals surface area contributed by atoms with Crippen molar-refractivity contribution in [3.05, 3.63) is 55.7 Å². The van der Waals surface area contributed by atoms with Crippen LogP contribution in [0.5, 0.6) is 0 Å². The Morgan fingerprint density at radius 3 is 2.50 bits per heavy atom. The number of ketones is 1. The van der Waals surface area contributed by atoms with Crippen LogP contribution in [0.1, 0.15) is 16.1 Å². The van der Waals surface area contributed by atoms with Gasteiger partial charge < -0.3 is 5.32 Å². The minimum Gasteiger partial charge on any atom is -0.385 e. The molecule has 0 atom stereocenters. The predicted octanol–water partition coefficient (Wildman–Crippen LogP) is 3.99. The zero-order valence-electron chi connectivity index (χ0n) is 10.3. The number of nitro groups is 1. The molecule has 0 saturated carbocycles. The van der Waals surface area contributed by atoms with Crippen molar-refractivity contribution in [2.45, 2.75) is 6.42 Å². The number of hydrogen-bond acceptors (Lipinski definition) is 5. The van der Waals surface area contributed by atoms with Gasteiger partial charge in [0.25, 0.3) is 5.69 Å². The van der Waals surface area contributed by atoms with Crippen LogP contribution in [-0.2, 0) is 0 Å². The van der Waals surface area contributed by atoms with Gasteiger partial charge in [0, 0.05) is 30.8 Å². The minimum absolute atomic E-state index is 0.0244. The summed E-state index contributed by atoms with van der Waals surface area (Å²) in [5.41, 5.74) is 0.785. The molecular weight excluding hydrogens is 300 g/mol. The van der Waals surface area contributed by atoms with E-state index < -0.39 is 4.92 Å². The molecule has 1 N–H and O–H groups in total. The van der Waals surface area contributed by atoms with Crippen LogP contribution in [0, 0.1) is 10.1 Å². The number of thiophene rings is 1. The number of hydrogen-bond donors (Lipinski definition) is 1. The van der Waals surface area contributed by atoms with Gasteiger partial charge in [0.2, 0.25) is 0 Å². The largest absolute Gasteiger partial charge is 0.385 e. The second kappa shape index (κ2) is 6.49. The number of benzene rings is 1. The number of nitrogens with zero attached hydrogens (tertiary/aromatic N) is 1. The zero-order chi connectivity index (χ0) is 14.5. The fraction of sp³-hybridized carbons (Fsp3) is 0.154. The van der Waals surface area contributed by atoms with E-state index in [4.69, 9.17) is 11.6 Å². The summed E-state index contributed by atoms with van der Waals surface area (Å²) < 4.78 is 0.594. The minimum atomic E-state index is -0.451. The fourth-order valence-corrected chi connectivity index (χ4v) is 2.62. The van der Waals surface area contributed by atoms with Crippen LogP contribution < -0.4 is 5.32 Å². The van der Waals surface area contributed by atoms with E-state index in [1.54, 1.807) is 24.3 Å². The molecule has 104 valence electrons. The number of halogens is 1. The molecule has 1 aromatic carbocycles. The summed E-state index contributed by atoms with van der Waals surface area (Å²) in [5, 5.41) is 13.6. The Kier molecular flexibility index (Phi) is 4.70. The SMILES string of the molecule is O=C(CCNc1ccc([N+](=O)[O-])cc1)c1ccc(Cl)s1. The normalized spacial score (nSPS) is 10.2. The van der Waals surface area contributed by atoms with Crippen LogP contribution in [0.15, 0.2) is 36.4 Å². The van der Waals surface area contributed by atoms with E-state index in [2.05, 4.69) is 5.32 Å². The van der Waals surface area contributed by atoms with Gasteiger partial charge in [0.1, 0.15) is 0 Å². The second-order valence-electron chi connectivity index (χ2n) is 4.01. The third-order valence-corrected chi connectivity index (χ3v) is 3.88. The monoisotopic (exact) mass is 310 g/mol. The Balaban J connectivity index is 1.83. The summed E-state index contributed by atoms with van der Waals surface area (Å²) in [6, 6.07) is 9.48. The van der Waals surface area contributed by atoms with Crippen molar-refractivity contribution in [3.8, 4) is 0 Å². The average molecular weight is 311 g/mol. The number of carbonyl (C=O) groups excluding carboxylic acids is 1. The summed E-state index contributed by atoms with van der Waals surface area (Å²) in [5.74, 6) is 0.0244. The van der Waals surface area contributed by atoms with Gasteiger partial charge in [-0.2, -0.15) is 0 Å². The van der Waals surface area contributed by atoms with Crippen LogP contribution in [0.4, 0.5) is 11.4 Å². The lowest BCUT2D eigenvalue weighted by Crippen LogP contribution is -2.07. The number of Topliss-reactive ketones (excluding diaryl/α,β-unsaturated/α-hetero) is 1. The van der Waals surface area contributed by atoms with Crippen molar-refractivity contribution in [2.24, 2.45) is 0 Å². The summed E-state index contributed by atoms with van der Waals surface area (Å²) in [7, 11) is 0. The lowest BCUT2D eigenvalue weighted by Gasteiger charge is -2.04. The van der Waals surface area contributed by atoms with Crippen LogP contribution in [0.25, 0.3) is 0 Å². The van der Waals surface area contributed by atoms with Gasteiger partial charge in [0.15, 0.2) is 5.78 Å². The molecule has 2 aromatic rings. The maximum atomic E-state index is 11.8. The first-order valence-corrected chi connectivity index (χ1v) is 7.02. The Labute approximate surface area is 124 Å². The van der Waals surface area contributed by atoms with Crippen LogP contribution >= 0.6 is 22.9 Å². The van der Waals surface area contributed by atoms with Gasteiger partial charge in [-0.15, -0.1) is 11.3 Å². The summed E-state index contributed by atoms with van der Waals surface area (Å²) in [6.07, 6.45) is 0.341.